The molecule has 0 aliphatic heterocycles. The lowest BCUT2D eigenvalue weighted by molar-refractivity contribution is -0.0980. The number of aliphatic hydroxyl groups is 1. The third-order valence-electron chi connectivity index (χ3n) is 5.73. The molecular weight excluding hydrogens is 491 g/mol. The number of fused-ring (bicyclic) bond motifs is 1. The molecule has 0 fully saturated rings. The van der Waals surface area contributed by atoms with E-state index in [0.29, 0.717) is 23.8 Å². The van der Waals surface area contributed by atoms with Gasteiger partial charge in [-0.25, -0.2) is 14.4 Å². The Bertz CT molecular complexity index is 1330. The van der Waals surface area contributed by atoms with Crippen molar-refractivity contribution < 1.29 is 23.8 Å². The van der Waals surface area contributed by atoms with Crippen molar-refractivity contribution in [1.29, 1.82) is 0 Å². The molecule has 4 rings (SSSR count). The molecule has 0 aliphatic carbocycles. The van der Waals surface area contributed by atoms with E-state index in [0.717, 1.165) is 34.1 Å². The average molecular weight is 527 g/mol. The molecule has 38 heavy (non-hydrogen) atoms. The second kappa shape index (κ2) is 14.1. The number of nitrogen functional groups attached to an aromatic ring is 1. The van der Waals surface area contributed by atoms with Gasteiger partial charge < -0.3 is 30.8 Å². The number of rotatable bonds is 8. The molecule has 0 saturated heterocycles. The quantitative estimate of drug-likeness (QED) is 0.251. The molecule has 3 aromatic heterocycles. The van der Waals surface area contributed by atoms with Crippen molar-refractivity contribution in [2.24, 2.45) is 5.73 Å². The molecule has 3 heterocycles. The summed E-state index contributed by atoms with van der Waals surface area (Å²) < 4.78 is 24.5. The number of benzene rings is 1. The Morgan fingerprint density at radius 2 is 1.92 bits per heavy atom. The Balaban J connectivity index is 0.000000437. The number of methoxy groups -OCH3 is 1. The van der Waals surface area contributed by atoms with Crippen LogP contribution in [-0.4, -0.2) is 64.5 Å². The molecule has 0 amide bonds. The molecule has 0 spiro atoms. The van der Waals surface area contributed by atoms with Gasteiger partial charge in [0.2, 0.25) is 5.88 Å². The van der Waals surface area contributed by atoms with Gasteiger partial charge in [-0.05, 0) is 74.7 Å². The maximum absolute atomic E-state index is 13.8. The number of anilines is 1. The molecule has 0 saturated carbocycles. The molecule has 0 atom stereocenters. The first-order valence-electron chi connectivity index (χ1n) is 11.8. The number of carbonyl (C=O) groups is 1. The molecule has 0 unspecified atom stereocenters. The van der Waals surface area contributed by atoms with E-state index in [2.05, 4.69) is 20.2 Å². The number of aromatic amines is 1. The van der Waals surface area contributed by atoms with E-state index >= 15 is 0 Å². The van der Waals surface area contributed by atoms with Crippen molar-refractivity contribution in [3.63, 3.8) is 0 Å². The van der Waals surface area contributed by atoms with Crippen LogP contribution in [-0.2, 0) is 9.53 Å². The lowest BCUT2D eigenvalue weighted by Crippen LogP contribution is -2.25. The van der Waals surface area contributed by atoms with Crippen LogP contribution in [0.3, 0.4) is 0 Å². The van der Waals surface area contributed by atoms with E-state index in [1.54, 1.807) is 31.6 Å². The van der Waals surface area contributed by atoms with Gasteiger partial charge in [-0.3, -0.25) is 5.10 Å². The average Bonchev–Trinajstić information content (AvgIpc) is 3.40. The van der Waals surface area contributed by atoms with Crippen LogP contribution in [0, 0.1) is 12.7 Å². The molecule has 11 heteroatoms. The molecule has 10 nitrogen and oxygen atoms in total. The number of halogens is 1. The smallest absolute Gasteiger partial charge is 0.214 e. The zero-order chi connectivity index (χ0) is 28.3. The minimum absolute atomic E-state index is 0.0330. The third kappa shape index (κ3) is 7.78. The summed E-state index contributed by atoms with van der Waals surface area (Å²) in [4.78, 5) is 16.8. The number of aromatic nitrogens is 4. The van der Waals surface area contributed by atoms with Gasteiger partial charge in [0.05, 0.1) is 29.8 Å². The summed E-state index contributed by atoms with van der Waals surface area (Å²) in [6.07, 6.45) is 4.27. The van der Waals surface area contributed by atoms with Crippen LogP contribution < -0.4 is 16.2 Å². The lowest BCUT2D eigenvalue weighted by Gasteiger charge is -2.21. The molecule has 6 N–H and O–H groups in total. The molecular formula is C27H35FN6O4. The number of nitrogens with two attached hydrogens (primary N) is 2. The lowest BCUT2D eigenvalue weighted by atomic mass is 9.98. The minimum Gasteiger partial charge on any atom is -0.475 e. The first-order chi connectivity index (χ1) is 18.2. The molecule has 1 aromatic carbocycles. The van der Waals surface area contributed by atoms with Gasteiger partial charge in [-0.1, -0.05) is 0 Å². The van der Waals surface area contributed by atoms with Gasteiger partial charge in [-0.2, -0.15) is 5.10 Å². The van der Waals surface area contributed by atoms with Crippen LogP contribution in [0.4, 0.5) is 10.1 Å². The maximum Gasteiger partial charge on any atom is 0.214 e. The summed E-state index contributed by atoms with van der Waals surface area (Å²) in [6.45, 7) is 8.54. The van der Waals surface area contributed by atoms with E-state index in [9.17, 15) is 4.39 Å². The van der Waals surface area contributed by atoms with Crippen molar-refractivity contribution in [3.8, 4) is 28.3 Å². The van der Waals surface area contributed by atoms with Gasteiger partial charge in [0.1, 0.15) is 19.2 Å². The summed E-state index contributed by atoms with van der Waals surface area (Å²) in [5.41, 5.74) is 15.5. The largest absolute Gasteiger partial charge is 0.475 e. The zero-order valence-electron chi connectivity index (χ0n) is 22.1. The molecule has 4 aromatic rings. The number of nitrogens with one attached hydrogen (secondary N) is 1. The van der Waals surface area contributed by atoms with Crippen molar-refractivity contribution in [2.75, 3.05) is 32.6 Å². The Labute approximate surface area is 221 Å². The molecule has 204 valence electrons. The third-order valence-corrected chi connectivity index (χ3v) is 5.73. The van der Waals surface area contributed by atoms with Crippen LogP contribution in [0.15, 0.2) is 42.7 Å². The van der Waals surface area contributed by atoms with Gasteiger partial charge in [0.15, 0.2) is 5.65 Å². The fraction of sp³-hybridized carbons (Fsp3) is 0.333. The highest BCUT2D eigenvalue weighted by atomic mass is 19.1. The van der Waals surface area contributed by atoms with Crippen LogP contribution in [0.2, 0.25) is 0 Å². The fourth-order valence-electron chi connectivity index (χ4n) is 3.55. The van der Waals surface area contributed by atoms with Crippen LogP contribution in [0.5, 0.6) is 5.88 Å². The standard InChI is InChI=1S/C20H18FN5O2.C6H15NO.CH2O/c1-11-6-16(21)17(22)9-14(11)12-7-18(25-19(8-12)28-5-4-27)13-2-3-23-20-15(13)10-24-26-20;1-6(2,8-3)4-5-7;1-2/h2-3,6-10,27H,4-5,22H2,1H3,(H,23,24,26);4-5,7H2,1-3H3;1H2. The predicted molar refractivity (Wildman–Crippen MR) is 146 cm³/mol. The molecule has 0 aliphatic rings. The second-order valence-electron chi connectivity index (χ2n) is 8.83. The molecule has 0 radical (unpaired) electrons. The fourth-order valence-corrected chi connectivity index (χ4v) is 3.55. The number of aliphatic hydroxyl groups excluding tert-OH is 1. The monoisotopic (exact) mass is 526 g/mol. The summed E-state index contributed by atoms with van der Waals surface area (Å²) in [7, 11) is 1.70. The van der Waals surface area contributed by atoms with Crippen LogP contribution in [0.25, 0.3) is 33.4 Å². The summed E-state index contributed by atoms with van der Waals surface area (Å²) in [5, 5.41) is 16.8. The van der Waals surface area contributed by atoms with Crippen LogP contribution >= 0.6 is 0 Å². The first kappa shape index (κ1) is 30.3. The zero-order valence-corrected chi connectivity index (χ0v) is 22.1. The number of hydrogen-bond acceptors (Lipinski definition) is 9. The Hall–Kier alpha value is -3.93. The van der Waals surface area contributed by atoms with Gasteiger partial charge in [0.25, 0.3) is 0 Å². The van der Waals surface area contributed by atoms with Crippen molar-refractivity contribution >= 4 is 23.5 Å². The normalized spacial score (nSPS) is 10.8. The number of carbonyl (C=O) groups excluding carboxylic acids is 1. The van der Waals surface area contributed by atoms with Gasteiger partial charge in [-0.15, -0.1) is 0 Å². The summed E-state index contributed by atoms with van der Waals surface area (Å²) in [6, 6.07) is 8.46. The summed E-state index contributed by atoms with van der Waals surface area (Å²) in [5.74, 6) is -0.112. The first-order valence-corrected chi connectivity index (χ1v) is 11.8. The Kier molecular flexibility index (Phi) is 11.3. The van der Waals surface area contributed by atoms with Crippen molar-refractivity contribution in [3.05, 3.63) is 54.1 Å². The molecule has 0 bridgehead atoms. The minimum atomic E-state index is -0.457. The SMILES string of the molecule is C=O.COC(C)(C)CCN.Cc1cc(F)c(N)cc1-c1cc(OCCO)nc(-c2ccnc3[nH]ncc23)c1. The number of aryl methyl sites for hydroxylation is 1. The highest BCUT2D eigenvalue weighted by molar-refractivity contribution is 5.92. The van der Waals surface area contributed by atoms with Crippen molar-refractivity contribution in [1.82, 2.24) is 20.2 Å². The van der Waals surface area contributed by atoms with Gasteiger partial charge in [0, 0.05) is 30.3 Å². The number of hydrogen-bond donors (Lipinski definition) is 4. The van der Waals surface area contributed by atoms with E-state index in [4.69, 9.17) is 30.8 Å². The predicted octanol–water partition coefficient (Wildman–Crippen LogP) is 3.66. The van der Waals surface area contributed by atoms with Crippen LogP contribution in [0.1, 0.15) is 25.8 Å². The van der Waals surface area contributed by atoms with E-state index in [1.807, 2.05) is 39.7 Å². The number of ether oxygens (including phenoxy) is 2. The highest BCUT2D eigenvalue weighted by Crippen LogP contribution is 2.34. The Morgan fingerprint density at radius 1 is 1.18 bits per heavy atom. The second-order valence-corrected chi connectivity index (χ2v) is 8.83. The summed E-state index contributed by atoms with van der Waals surface area (Å²) >= 11 is 0. The maximum atomic E-state index is 13.8. The van der Waals surface area contributed by atoms with E-state index in [-0.39, 0.29) is 24.5 Å². The number of H-pyrrole nitrogens is 1. The number of nitrogens with zero attached hydrogens (tertiary/aromatic N) is 3. The number of pyridine rings is 2. The van der Waals surface area contributed by atoms with E-state index in [1.165, 1.54) is 6.07 Å². The van der Waals surface area contributed by atoms with E-state index < -0.39 is 5.82 Å². The highest BCUT2D eigenvalue weighted by Gasteiger charge is 2.15. The van der Waals surface area contributed by atoms with Crippen molar-refractivity contribution in [2.45, 2.75) is 32.8 Å². The Morgan fingerprint density at radius 3 is 2.55 bits per heavy atom. The van der Waals surface area contributed by atoms with Gasteiger partial charge >= 0.3 is 0 Å². The topological polar surface area (TPSA) is 162 Å².